The lowest BCUT2D eigenvalue weighted by atomic mass is 10.1. The molecule has 0 N–H and O–H groups in total. The minimum Gasteiger partial charge on any atom is -0.334 e. The van der Waals surface area contributed by atoms with Gasteiger partial charge in [-0.15, -0.1) is 11.3 Å². The fourth-order valence-corrected chi connectivity index (χ4v) is 3.72. The van der Waals surface area contributed by atoms with Crippen LogP contribution in [-0.2, 0) is 17.8 Å². The smallest absolute Gasteiger partial charge is 0.229 e. The Morgan fingerprint density at radius 1 is 1.33 bits per heavy atom. The van der Waals surface area contributed by atoms with Crippen LogP contribution >= 0.6 is 11.3 Å². The maximum atomic E-state index is 12.7. The Hall–Kier alpha value is -1.86. The highest BCUT2D eigenvalue weighted by Crippen LogP contribution is 2.31. The summed E-state index contributed by atoms with van der Waals surface area (Å²) in [4.78, 5) is 30.2. The van der Waals surface area contributed by atoms with Gasteiger partial charge < -0.3 is 9.80 Å². The minimum absolute atomic E-state index is 0.0341. The van der Waals surface area contributed by atoms with Gasteiger partial charge in [0.25, 0.3) is 0 Å². The molecule has 1 aliphatic heterocycles. The van der Waals surface area contributed by atoms with Crippen molar-refractivity contribution in [3.63, 3.8) is 0 Å². The standard InChI is InChI=1S/C17H23N5OS/c1-12-19-13(11-24-12)7-17(23)22-6-4-5-16(22)15-9-18-8-14(20-15)10-21(2)3/h8-9,11,16H,4-7,10H2,1-3H3. The molecule has 6 nitrogen and oxygen atoms in total. The molecule has 1 atom stereocenters. The van der Waals surface area contributed by atoms with Crippen molar-refractivity contribution >= 4 is 17.2 Å². The zero-order valence-electron chi connectivity index (χ0n) is 14.4. The number of aryl methyl sites for hydroxylation is 1. The average molecular weight is 345 g/mol. The van der Waals surface area contributed by atoms with Crippen molar-refractivity contribution < 1.29 is 4.79 Å². The van der Waals surface area contributed by atoms with Gasteiger partial charge in [0.2, 0.25) is 5.91 Å². The highest BCUT2D eigenvalue weighted by molar-refractivity contribution is 7.09. The fourth-order valence-electron chi connectivity index (χ4n) is 3.10. The quantitative estimate of drug-likeness (QED) is 0.831. The van der Waals surface area contributed by atoms with Gasteiger partial charge in [-0.2, -0.15) is 0 Å². The predicted octanol–water partition coefficient (Wildman–Crippen LogP) is 2.21. The van der Waals surface area contributed by atoms with E-state index in [9.17, 15) is 4.79 Å². The Morgan fingerprint density at radius 2 is 2.17 bits per heavy atom. The molecule has 7 heteroatoms. The van der Waals surface area contributed by atoms with Gasteiger partial charge >= 0.3 is 0 Å². The molecule has 24 heavy (non-hydrogen) atoms. The van der Waals surface area contributed by atoms with E-state index in [1.54, 1.807) is 23.7 Å². The Kier molecular flexibility index (Phi) is 5.20. The van der Waals surface area contributed by atoms with E-state index in [0.717, 1.165) is 48.0 Å². The van der Waals surface area contributed by atoms with Crippen LogP contribution in [0.4, 0.5) is 0 Å². The third-order valence-corrected chi connectivity index (χ3v) is 4.92. The normalized spacial score (nSPS) is 17.7. The lowest BCUT2D eigenvalue weighted by Crippen LogP contribution is -2.32. The summed E-state index contributed by atoms with van der Waals surface area (Å²) in [6.07, 6.45) is 5.91. The minimum atomic E-state index is 0.0341. The van der Waals surface area contributed by atoms with Crippen LogP contribution in [0.1, 0.15) is 41.0 Å². The van der Waals surface area contributed by atoms with Gasteiger partial charge in [-0.3, -0.25) is 14.8 Å². The molecule has 3 rings (SSSR count). The van der Waals surface area contributed by atoms with Crippen molar-refractivity contribution in [1.29, 1.82) is 0 Å². The summed E-state index contributed by atoms with van der Waals surface area (Å²) in [5.41, 5.74) is 2.70. The molecule has 128 valence electrons. The second-order valence-electron chi connectivity index (χ2n) is 6.45. The molecule has 0 aliphatic carbocycles. The van der Waals surface area contributed by atoms with Gasteiger partial charge in [0.1, 0.15) is 0 Å². The van der Waals surface area contributed by atoms with Gasteiger partial charge in [-0.25, -0.2) is 4.98 Å². The molecule has 0 saturated carbocycles. The monoisotopic (exact) mass is 345 g/mol. The molecule has 2 aromatic heterocycles. The number of rotatable bonds is 5. The maximum Gasteiger partial charge on any atom is 0.229 e. The zero-order chi connectivity index (χ0) is 17.1. The number of aromatic nitrogens is 3. The van der Waals surface area contributed by atoms with Crippen LogP contribution in [0.3, 0.4) is 0 Å². The summed E-state index contributed by atoms with van der Waals surface area (Å²) >= 11 is 1.58. The van der Waals surface area contributed by atoms with E-state index in [1.807, 2.05) is 31.3 Å². The van der Waals surface area contributed by atoms with E-state index in [-0.39, 0.29) is 11.9 Å². The number of amides is 1. The second kappa shape index (κ2) is 7.36. The topological polar surface area (TPSA) is 62.2 Å². The highest BCUT2D eigenvalue weighted by Gasteiger charge is 2.31. The molecule has 1 saturated heterocycles. The van der Waals surface area contributed by atoms with E-state index in [2.05, 4.69) is 14.9 Å². The molecule has 3 heterocycles. The van der Waals surface area contributed by atoms with E-state index in [4.69, 9.17) is 4.98 Å². The summed E-state index contributed by atoms with van der Waals surface area (Å²) in [5, 5.41) is 2.97. The molecule has 0 radical (unpaired) electrons. The number of carbonyl (C=O) groups is 1. The van der Waals surface area contributed by atoms with Crippen molar-refractivity contribution in [2.45, 2.75) is 38.8 Å². The van der Waals surface area contributed by atoms with Crippen LogP contribution < -0.4 is 0 Å². The van der Waals surface area contributed by atoms with Crippen LogP contribution in [0.15, 0.2) is 17.8 Å². The average Bonchev–Trinajstić information content (AvgIpc) is 3.16. The lowest BCUT2D eigenvalue weighted by Gasteiger charge is -2.24. The number of hydrogen-bond acceptors (Lipinski definition) is 6. The maximum absolute atomic E-state index is 12.7. The summed E-state index contributed by atoms with van der Waals surface area (Å²) in [6, 6.07) is 0.0341. The Labute approximate surface area is 146 Å². The number of carbonyl (C=O) groups excluding carboxylic acids is 1. The van der Waals surface area contributed by atoms with Crippen LogP contribution in [0.5, 0.6) is 0 Å². The van der Waals surface area contributed by atoms with E-state index >= 15 is 0 Å². The van der Waals surface area contributed by atoms with E-state index < -0.39 is 0 Å². The number of thiazole rings is 1. The number of hydrogen-bond donors (Lipinski definition) is 0. The van der Waals surface area contributed by atoms with Gasteiger partial charge in [-0.1, -0.05) is 0 Å². The first-order chi connectivity index (χ1) is 11.5. The SMILES string of the molecule is Cc1nc(CC(=O)N2CCCC2c2cncc(CN(C)C)n2)cs1. The first-order valence-electron chi connectivity index (χ1n) is 8.19. The third kappa shape index (κ3) is 3.96. The zero-order valence-corrected chi connectivity index (χ0v) is 15.2. The van der Waals surface area contributed by atoms with Gasteiger partial charge in [-0.05, 0) is 33.9 Å². The van der Waals surface area contributed by atoms with Gasteiger partial charge in [0.05, 0.1) is 40.7 Å². The van der Waals surface area contributed by atoms with E-state index in [1.165, 1.54) is 0 Å². The summed E-state index contributed by atoms with van der Waals surface area (Å²) in [7, 11) is 4.02. The molecule has 1 aliphatic rings. The van der Waals surface area contributed by atoms with Crippen molar-refractivity contribution in [1.82, 2.24) is 24.8 Å². The van der Waals surface area contributed by atoms with Crippen molar-refractivity contribution in [3.05, 3.63) is 39.9 Å². The van der Waals surface area contributed by atoms with Crippen LogP contribution in [0, 0.1) is 6.92 Å². The van der Waals surface area contributed by atoms with Crippen molar-refractivity contribution in [3.8, 4) is 0 Å². The van der Waals surface area contributed by atoms with Crippen LogP contribution in [0.2, 0.25) is 0 Å². The molecule has 2 aromatic rings. The first-order valence-corrected chi connectivity index (χ1v) is 9.07. The molecule has 0 spiro atoms. The van der Waals surface area contributed by atoms with Crippen LogP contribution in [0.25, 0.3) is 0 Å². The molecule has 0 aromatic carbocycles. The number of nitrogens with zero attached hydrogens (tertiary/aromatic N) is 5. The predicted molar refractivity (Wildman–Crippen MR) is 93.7 cm³/mol. The molecule has 1 fully saturated rings. The molecular formula is C17H23N5OS. The highest BCUT2D eigenvalue weighted by atomic mass is 32.1. The Bertz CT molecular complexity index is 715. The van der Waals surface area contributed by atoms with Gasteiger partial charge in [0.15, 0.2) is 0 Å². The summed E-state index contributed by atoms with van der Waals surface area (Å²) in [6.45, 7) is 3.49. The Morgan fingerprint density at radius 3 is 2.88 bits per heavy atom. The lowest BCUT2D eigenvalue weighted by molar-refractivity contribution is -0.131. The first kappa shape index (κ1) is 17.0. The van der Waals surface area contributed by atoms with Crippen molar-refractivity contribution in [2.75, 3.05) is 20.6 Å². The largest absolute Gasteiger partial charge is 0.334 e. The summed E-state index contributed by atoms with van der Waals surface area (Å²) < 4.78 is 0. The molecular weight excluding hydrogens is 322 g/mol. The summed E-state index contributed by atoms with van der Waals surface area (Å²) in [5.74, 6) is 0.127. The molecule has 1 amide bonds. The van der Waals surface area contributed by atoms with Gasteiger partial charge in [0, 0.05) is 24.7 Å². The fraction of sp³-hybridized carbons (Fsp3) is 0.529. The molecule has 1 unspecified atom stereocenters. The molecule has 0 bridgehead atoms. The van der Waals surface area contributed by atoms with Crippen molar-refractivity contribution in [2.24, 2.45) is 0 Å². The Balaban J connectivity index is 1.74. The van der Waals surface area contributed by atoms with E-state index in [0.29, 0.717) is 6.42 Å². The third-order valence-electron chi connectivity index (χ3n) is 4.09. The number of likely N-dealkylation sites (tertiary alicyclic amines) is 1. The van der Waals surface area contributed by atoms with Crippen LogP contribution in [-0.4, -0.2) is 51.3 Å². The second-order valence-corrected chi connectivity index (χ2v) is 7.52.